The number of nitrogens with zero attached hydrogens (tertiary/aromatic N) is 1. The van der Waals surface area contributed by atoms with Crippen molar-refractivity contribution in [3.05, 3.63) is 45.1 Å². The van der Waals surface area contributed by atoms with Crippen LogP contribution in [-0.2, 0) is 11.3 Å². The molecule has 1 aromatic carbocycles. The third-order valence-corrected chi connectivity index (χ3v) is 2.64. The molecule has 19 heavy (non-hydrogen) atoms. The van der Waals surface area contributed by atoms with Gasteiger partial charge in [0.15, 0.2) is 0 Å². The summed E-state index contributed by atoms with van der Waals surface area (Å²) in [6, 6.07) is 6.66. The van der Waals surface area contributed by atoms with Crippen LogP contribution in [0.2, 0.25) is 0 Å². The lowest BCUT2D eigenvalue weighted by atomic mass is 10.2. The third-order valence-electron chi connectivity index (χ3n) is 2.64. The summed E-state index contributed by atoms with van der Waals surface area (Å²) in [4.78, 5) is 38.2. The zero-order valence-electron chi connectivity index (χ0n) is 10.8. The zero-order valence-corrected chi connectivity index (χ0v) is 10.8. The molecule has 1 heterocycles. The number of rotatable bonds is 3. The molecule has 2 aromatic rings. The minimum Gasteiger partial charge on any atom is -0.352 e. The van der Waals surface area contributed by atoms with E-state index in [2.05, 4.69) is 10.3 Å². The Hall–Kier alpha value is -2.37. The van der Waals surface area contributed by atoms with Gasteiger partial charge in [-0.1, -0.05) is 12.1 Å². The molecule has 1 aromatic heterocycles. The summed E-state index contributed by atoms with van der Waals surface area (Å²) in [6.07, 6.45) is 0. The van der Waals surface area contributed by atoms with Gasteiger partial charge in [0.25, 0.3) is 5.56 Å². The van der Waals surface area contributed by atoms with Crippen LogP contribution in [0, 0.1) is 0 Å². The lowest BCUT2D eigenvalue weighted by molar-refractivity contribution is -0.122. The first-order valence-electron chi connectivity index (χ1n) is 6.00. The molecule has 0 aliphatic carbocycles. The first-order chi connectivity index (χ1) is 8.99. The van der Waals surface area contributed by atoms with Crippen molar-refractivity contribution in [1.82, 2.24) is 14.9 Å². The highest BCUT2D eigenvalue weighted by Crippen LogP contribution is 2.02. The maximum absolute atomic E-state index is 12.1. The van der Waals surface area contributed by atoms with Gasteiger partial charge in [0, 0.05) is 6.04 Å². The number of fused-ring (bicyclic) bond motifs is 1. The highest BCUT2D eigenvalue weighted by atomic mass is 16.2. The molecular formula is C13H15N3O3. The Labute approximate surface area is 109 Å². The summed E-state index contributed by atoms with van der Waals surface area (Å²) in [5, 5.41) is 3.03. The second kappa shape index (κ2) is 5.09. The highest BCUT2D eigenvalue weighted by molar-refractivity contribution is 5.78. The van der Waals surface area contributed by atoms with E-state index < -0.39 is 11.2 Å². The van der Waals surface area contributed by atoms with Crippen molar-refractivity contribution >= 4 is 16.8 Å². The van der Waals surface area contributed by atoms with E-state index in [1.165, 1.54) is 0 Å². The van der Waals surface area contributed by atoms with Gasteiger partial charge < -0.3 is 10.3 Å². The van der Waals surface area contributed by atoms with Crippen LogP contribution in [0.1, 0.15) is 13.8 Å². The van der Waals surface area contributed by atoms with Gasteiger partial charge in [-0.2, -0.15) is 0 Å². The Morgan fingerprint density at radius 1 is 1.32 bits per heavy atom. The van der Waals surface area contributed by atoms with Crippen LogP contribution in [0.5, 0.6) is 0 Å². The third kappa shape index (κ3) is 2.73. The number of carbonyl (C=O) groups is 1. The molecule has 0 aliphatic rings. The van der Waals surface area contributed by atoms with E-state index in [1.54, 1.807) is 24.3 Å². The molecule has 0 saturated heterocycles. The van der Waals surface area contributed by atoms with Gasteiger partial charge >= 0.3 is 5.69 Å². The molecule has 0 bridgehead atoms. The number of para-hydroxylation sites is 1. The van der Waals surface area contributed by atoms with Crippen molar-refractivity contribution in [1.29, 1.82) is 0 Å². The van der Waals surface area contributed by atoms with Gasteiger partial charge in [-0.25, -0.2) is 4.79 Å². The first-order valence-corrected chi connectivity index (χ1v) is 6.00. The van der Waals surface area contributed by atoms with Crippen molar-refractivity contribution in [2.24, 2.45) is 0 Å². The molecule has 0 radical (unpaired) electrons. The molecule has 0 unspecified atom stereocenters. The van der Waals surface area contributed by atoms with Gasteiger partial charge in [-0.3, -0.25) is 14.2 Å². The van der Waals surface area contributed by atoms with Gasteiger partial charge in [-0.05, 0) is 26.0 Å². The molecule has 2 rings (SSSR count). The number of H-pyrrole nitrogens is 1. The SMILES string of the molecule is CC(C)NC(=O)Cn1c(=O)[nH]c2ccccc2c1=O. The number of benzene rings is 1. The van der Waals surface area contributed by atoms with Gasteiger partial charge in [-0.15, -0.1) is 0 Å². The molecule has 2 N–H and O–H groups in total. The van der Waals surface area contributed by atoms with Gasteiger partial charge in [0.2, 0.25) is 5.91 Å². The summed E-state index contributed by atoms with van der Waals surface area (Å²) in [7, 11) is 0. The minimum atomic E-state index is -0.581. The van der Waals surface area contributed by atoms with E-state index in [9.17, 15) is 14.4 Å². The topological polar surface area (TPSA) is 84.0 Å². The molecule has 0 saturated carbocycles. The van der Waals surface area contributed by atoms with Crippen LogP contribution in [0.15, 0.2) is 33.9 Å². The first kappa shape index (κ1) is 13.1. The van der Waals surface area contributed by atoms with Crippen LogP contribution in [0.4, 0.5) is 0 Å². The van der Waals surface area contributed by atoms with Crippen molar-refractivity contribution in [3.63, 3.8) is 0 Å². The zero-order chi connectivity index (χ0) is 14.0. The monoisotopic (exact) mass is 261 g/mol. The number of hydrogen-bond donors (Lipinski definition) is 2. The van der Waals surface area contributed by atoms with Crippen LogP contribution in [0.25, 0.3) is 10.9 Å². The summed E-state index contributed by atoms with van der Waals surface area (Å²) >= 11 is 0. The Bertz CT molecular complexity index is 728. The summed E-state index contributed by atoms with van der Waals surface area (Å²) in [5.74, 6) is -0.363. The average molecular weight is 261 g/mol. The lowest BCUT2D eigenvalue weighted by Crippen LogP contribution is -2.42. The quantitative estimate of drug-likeness (QED) is 0.828. The fourth-order valence-electron chi connectivity index (χ4n) is 1.85. The number of amides is 1. The molecule has 100 valence electrons. The Kier molecular flexibility index (Phi) is 3.50. The largest absolute Gasteiger partial charge is 0.352 e. The van der Waals surface area contributed by atoms with Crippen LogP contribution in [-0.4, -0.2) is 21.5 Å². The number of carbonyl (C=O) groups excluding carboxylic acids is 1. The van der Waals surface area contributed by atoms with Crippen molar-refractivity contribution in [3.8, 4) is 0 Å². The normalized spacial score (nSPS) is 10.9. The van der Waals surface area contributed by atoms with E-state index in [-0.39, 0.29) is 18.5 Å². The van der Waals surface area contributed by atoms with E-state index in [0.717, 1.165) is 4.57 Å². The van der Waals surface area contributed by atoms with E-state index in [0.29, 0.717) is 10.9 Å². The Balaban J connectivity index is 2.47. The van der Waals surface area contributed by atoms with Gasteiger partial charge in [0.05, 0.1) is 10.9 Å². The fourth-order valence-corrected chi connectivity index (χ4v) is 1.85. The molecule has 1 amide bonds. The summed E-state index contributed by atoms with van der Waals surface area (Å²) in [5.41, 5.74) is -0.570. The fraction of sp³-hybridized carbons (Fsp3) is 0.308. The van der Waals surface area contributed by atoms with Crippen LogP contribution >= 0.6 is 0 Å². The van der Waals surface area contributed by atoms with Gasteiger partial charge in [0.1, 0.15) is 6.54 Å². The number of aromatic amines is 1. The molecule has 0 spiro atoms. The molecule has 6 heteroatoms. The predicted molar refractivity (Wildman–Crippen MR) is 72.1 cm³/mol. The number of hydrogen-bond acceptors (Lipinski definition) is 3. The smallest absolute Gasteiger partial charge is 0.329 e. The maximum Gasteiger partial charge on any atom is 0.329 e. The average Bonchev–Trinajstić information content (AvgIpc) is 2.33. The van der Waals surface area contributed by atoms with Crippen LogP contribution in [0.3, 0.4) is 0 Å². The second-order valence-corrected chi connectivity index (χ2v) is 4.59. The molecule has 0 fully saturated rings. The Morgan fingerprint density at radius 2 is 2.00 bits per heavy atom. The summed E-state index contributed by atoms with van der Waals surface area (Å²) < 4.78 is 0.903. The predicted octanol–water partition coefficient (Wildman–Crippen LogP) is 0.214. The molecule has 6 nitrogen and oxygen atoms in total. The highest BCUT2D eigenvalue weighted by Gasteiger charge is 2.11. The number of nitrogens with one attached hydrogen (secondary N) is 2. The van der Waals surface area contributed by atoms with E-state index in [1.807, 2.05) is 13.8 Å². The van der Waals surface area contributed by atoms with E-state index >= 15 is 0 Å². The van der Waals surface area contributed by atoms with Crippen molar-refractivity contribution in [2.45, 2.75) is 26.4 Å². The van der Waals surface area contributed by atoms with Crippen LogP contribution < -0.4 is 16.6 Å². The molecular weight excluding hydrogens is 246 g/mol. The molecule has 0 atom stereocenters. The Morgan fingerprint density at radius 3 is 2.68 bits per heavy atom. The maximum atomic E-state index is 12.1. The van der Waals surface area contributed by atoms with E-state index in [4.69, 9.17) is 0 Å². The lowest BCUT2D eigenvalue weighted by Gasteiger charge is -2.09. The van der Waals surface area contributed by atoms with Crippen molar-refractivity contribution in [2.75, 3.05) is 0 Å². The van der Waals surface area contributed by atoms with Crippen molar-refractivity contribution < 1.29 is 4.79 Å². The second-order valence-electron chi connectivity index (χ2n) is 4.59. The number of aromatic nitrogens is 2. The molecule has 0 aliphatic heterocycles. The minimum absolute atomic E-state index is 0.0391. The summed E-state index contributed by atoms with van der Waals surface area (Å²) in [6.45, 7) is 3.34. The standard InChI is InChI=1S/C13H15N3O3/c1-8(2)14-11(17)7-16-12(18)9-5-3-4-6-10(9)15-13(16)19/h3-6,8H,7H2,1-2H3,(H,14,17)(H,15,19).